The van der Waals surface area contributed by atoms with Gasteiger partial charge in [0.05, 0.1) is 20.3 Å². The fourth-order valence-corrected chi connectivity index (χ4v) is 3.94. The van der Waals surface area contributed by atoms with E-state index >= 15 is 0 Å². The Morgan fingerprint density at radius 2 is 1.83 bits per heavy atom. The Balaban J connectivity index is 1.63. The number of ether oxygens (including phenoxy) is 2. The Hall–Kier alpha value is -1.83. The van der Waals surface area contributed by atoms with Gasteiger partial charge in [0.2, 0.25) is 0 Å². The lowest BCUT2D eigenvalue weighted by atomic mass is 9.94. The molecule has 3 atom stereocenters. The van der Waals surface area contributed by atoms with Crippen LogP contribution in [0, 0.1) is 5.92 Å². The number of benzene rings is 2. The van der Waals surface area contributed by atoms with Gasteiger partial charge in [0.15, 0.2) is 11.5 Å². The molecule has 0 radical (unpaired) electrons. The summed E-state index contributed by atoms with van der Waals surface area (Å²) >= 11 is 6.03. The van der Waals surface area contributed by atoms with E-state index in [2.05, 4.69) is 59.4 Å². The highest BCUT2D eigenvalue weighted by atomic mass is 35.5. The van der Waals surface area contributed by atoms with E-state index in [9.17, 15) is 0 Å². The van der Waals surface area contributed by atoms with Crippen LogP contribution in [0.15, 0.2) is 42.5 Å². The number of rotatable bonds is 9. The predicted molar refractivity (Wildman–Crippen MR) is 118 cm³/mol. The summed E-state index contributed by atoms with van der Waals surface area (Å²) in [4.78, 5) is 2.22. The Morgan fingerprint density at radius 3 is 2.48 bits per heavy atom. The smallest absolute Gasteiger partial charge is 0.161 e. The second-order valence-corrected chi connectivity index (χ2v) is 8.00. The van der Waals surface area contributed by atoms with Crippen LogP contribution in [0.3, 0.4) is 0 Å². The van der Waals surface area contributed by atoms with E-state index in [4.69, 9.17) is 21.1 Å². The van der Waals surface area contributed by atoms with Crippen molar-refractivity contribution in [3.63, 3.8) is 0 Å². The second-order valence-electron chi connectivity index (χ2n) is 7.57. The van der Waals surface area contributed by atoms with Crippen LogP contribution in [0.2, 0.25) is 5.02 Å². The van der Waals surface area contributed by atoms with Gasteiger partial charge >= 0.3 is 0 Å². The van der Waals surface area contributed by atoms with Crippen molar-refractivity contribution < 1.29 is 9.47 Å². The van der Waals surface area contributed by atoms with Gasteiger partial charge in [0.1, 0.15) is 0 Å². The molecule has 3 N–H and O–H groups in total. The first-order valence-electron chi connectivity index (χ1n) is 9.86. The highest BCUT2D eigenvalue weighted by Crippen LogP contribution is 2.31. The van der Waals surface area contributed by atoms with Crippen molar-refractivity contribution in [2.45, 2.75) is 12.1 Å². The highest BCUT2D eigenvalue weighted by Gasteiger charge is 2.28. The van der Waals surface area contributed by atoms with E-state index in [-0.39, 0.29) is 12.1 Å². The van der Waals surface area contributed by atoms with Gasteiger partial charge in [-0.25, -0.2) is 5.43 Å². The average molecular weight is 419 g/mol. The van der Waals surface area contributed by atoms with Crippen LogP contribution in [0.5, 0.6) is 11.5 Å². The summed E-state index contributed by atoms with van der Waals surface area (Å²) < 4.78 is 10.8. The molecule has 2 aromatic rings. The van der Waals surface area contributed by atoms with Crippen LogP contribution in [-0.2, 0) is 0 Å². The molecule has 1 fully saturated rings. The summed E-state index contributed by atoms with van der Waals surface area (Å²) in [6.45, 7) is 2.67. The first kappa shape index (κ1) is 21.9. The fraction of sp³-hybridized carbons (Fsp3) is 0.455. The Bertz CT molecular complexity index is 785. The van der Waals surface area contributed by atoms with Gasteiger partial charge in [-0.2, -0.15) is 0 Å². The molecule has 0 spiro atoms. The molecule has 6 nitrogen and oxygen atoms in total. The molecule has 1 aliphatic heterocycles. The number of halogens is 1. The van der Waals surface area contributed by atoms with Crippen LogP contribution in [0.4, 0.5) is 0 Å². The molecule has 158 valence electrons. The molecule has 0 amide bonds. The Kier molecular flexibility index (Phi) is 7.75. The maximum absolute atomic E-state index is 6.03. The molecule has 3 rings (SSSR count). The van der Waals surface area contributed by atoms with Crippen LogP contribution < -0.4 is 25.6 Å². The van der Waals surface area contributed by atoms with Crippen molar-refractivity contribution in [2.24, 2.45) is 5.92 Å². The standard InChI is InChI=1S/C22H31ClN4O2/c1-27(2)19(16-7-10-20(28-3)21(11-16)29-4)14-24-12-17-13-25-26-22(17)15-5-8-18(23)9-6-15/h5-11,17,19,22,24-26H,12-14H2,1-4H3. The Labute approximate surface area is 178 Å². The van der Waals surface area contributed by atoms with Crippen molar-refractivity contribution in [3.05, 3.63) is 58.6 Å². The number of likely N-dealkylation sites (N-methyl/N-ethyl adjacent to an activating group) is 1. The lowest BCUT2D eigenvalue weighted by Crippen LogP contribution is -2.35. The van der Waals surface area contributed by atoms with Gasteiger partial charge in [0, 0.05) is 36.6 Å². The summed E-state index contributed by atoms with van der Waals surface area (Å²) in [6.07, 6.45) is 0. The zero-order valence-electron chi connectivity index (χ0n) is 17.5. The lowest BCUT2D eigenvalue weighted by Gasteiger charge is -2.27. The van der Waals surface area contributed by atoms with Gasteiger partial charge in [-0.1, -0.05) is 29.8 Å². The molecular weight excluding hydrogens is 388 g/mol. The largest absolute Gasteiger partial charge is 0.493 e. The minimum atomic E-state index is 0.228. The lowest BCUT2D eigenvalue weighted by molar-refractivity contribution is 0.280. The van der Waals surface area contributed by atoms with Crippen molar-refractivity contribution in [3.8, 4) is 11.5 Å². The van der Waals surface area contributed by atoms with Crippen molar-refractivity contribution in [1.29, 1.82) is 0 Å². The minimum Gasteiger partial charge on any atom is -0.493 e. The van der Waals surface area contributed by atoms with Crippen LogP contribution in [0.25, 0.3) is 0 Å². The zero-order valence-corrected chi connectivity index (χ0v) is 18.3. The van der Waals surface area contributed by atoms with Crippen molar-refractivity contribution >= 4 is 11.6 Å². The quantitative estimate of drug-likeness (QED) is 0.582. The molecule has 3 unspecified atom stereocenters. The molecular formula is C22H31ClN4O2. The normalized spacial score (nSPS) is 20.1. The van der Waals surface area contributed by atoms with Gasteiger partial charge in [0.25, 0.3) is 0 Å². The van der Waals surface area contributed by atoms with E-state index in [1.165, 1.54) is 11.1 Å². The Morgan fingerprint density at radius 1 is 1.10 bits per heavy atom. The maximum atomic E-state index is 6.03. The number of nitrogens with zero attached hydrogens (tertiary/aromatic N) is 1. The van der Waals surface area contributed by atoms with E-state index in [0.717, 1.165) is 36.2 Å². The van der Waals surface area contributed by atoms with Gasteiger partial charge in [-0.05, 0) is 49.5 Å². The second kappa shape index (κ2) is 10.3. The van der Waals surface area contributed by atoms with Crippen molar-refractivity contribution in [1.82, 2.24) is 21.1 Å². The first-order chi connectivity index (χ1) is 14.0. The molecule has 29 heavy (non-hydrogen) atoms. The van der Waals surface area contributed by atoms with Gasteiger partial charge < -0.3 is 19.7 Å². The third-order valence-corrected chi connectivity index (χ3v) is 5.73. The third kappa shape index (κ3) is 5.41. The SMILES string of the molecule is COc1ccc(C(CNCC2CNNC2c2ccc(Cl)cc2)N(C)C)cc1OC. The molecule has 1 heterocycles. The number of nitrogens with one attached hydrogen (secondary N) is 3. The van der Waals surface area contributed by atoms with Gasteiger partial charge in [-0.3, -0.25) is 5.43 Å². The monoisotopic (exact) mass is 418 g/mol. The number of methoxy groups -OCH3 is 2. The number of hydrazine groups is 1. The molecule has 0 bridgehead atoms. The number of hydrogen-bond acceptors (Lipinski definition) is 6. The van der Waals surface area contributed by atoms with E-state index in [1.807, 2.05) is 18.2 Å². The summed E-state index contributed by atoms with van der Waals surface area (Å²) in [5, 5.41) is 4.43. The van der Waals surface area contributed by atoms with Crippen LogP contribution >= 0.6 is 11.6 Å². The summed E-state index contributed by atoms with van der Waals surface area (Å²) in [6, 6.07) is 14.7. The van der Waals surface area contributed by atoms with E-state index in [0.29, 0.717) is 5.92 Å². The van der Waals surface area contributed by atoms with Crippen LogP contribution in [0.1, 0.15) is 23.2 Å². The molecule has 0 aromatic heterocycles. The molecule has 1 saturated heterocycles. The van der Waals surface area contributed by atoms with Crippen LogP contribution in [-0.4, -0.2) is 52.8 Å². The molecule has 0 aliphatic carbocycles. The average Bonchev–Trinajstić information content (AvgIpc) is 3.19. The highest BCUT2D eigenvalue weighted by molar-refractivity contribution is 6.30. The molecule has 2 aromatic carbocycles. The van der Waals surface area contributed by atoms with Gasteiger partial charge in [-0.15, -0.1) is 0 Å². The summed E-state index contributed by atoms with van der Waals surface area (Å²) in [5.41, 5.74) is 9.12. The third-order valence-electron chi connectivity index (χ3n) is 5.48. The minimum absolute atomic E-state index is 0.228. The maximum Gasteiger partial charge on any atom is 0.161 e. The number of hydrogen-bond donors (Lipinski definition) is 3. The molecule has 0 saturated carbocycles. The topological polar surface area (TPSA) is 57.8 Å². The summed E-state index contributed by atoms with van der Waals surface area (Å²) in [7, 11) is 7.52. The molecule has 7 heteroatoms. The van der Waals surface area contributed by atoms with Crippen molar-refractivity contribution in [2.75, 3.05) is 47.9 Å². The summed E-state index contributed by atoms with van der Waals surface area (Å²) in [5.74, 6) is 1.95. The van der Waals surface area contributed by atoms with E-state index in [1.54, 1.807) is 14.2 Å². The molecule has 1 aliphatic rings. The van der Waals surface area contributed by atoms with E-state index < -0.39 is 0 Å². The first-order valence-corrected chi connectivity index (χ1v) is 10.2. The fourth-order valence-electron chi connectivity index (χ4n) is 3.82. The predicted octanol–water partition coefficient (Wildman–Crippen LogP) is 3.01. The zero-order chi connectivity index (χ0) is 20.8.